The van der Waals surface area contributed by atoms with Crippen LogP contribution < -0.4 is 0 Å². The van der Waals surface area contributed by atoms with Crippen LogP contribution in [-0.4, -0.2) is 53.9 Å². The first-order chi connectivity index (χ1) is 11.2. The van der Waals surface area contributed by atoms with Gasteiger partial charge in [-0.1, -0.05) is 36.4 Å². The Balaban J connectivity index is 1.72. The summed E-state index contributed by atoms with van der Waals surface area (Å²) in [6.07, 6.45) is 5.65. The van der Waals surface area contributed by atoms with Crippen molar-refractivity contribution in [3.8, 4) is 0 Å². The van der Waals surface area contributed by atoms with E-state index in [1.54, 1.807) is 12.3 Å². The molecule has 2 aromatic rings. The van der Waals surface area contributed by atoms with Crippen molar-refractivity contribution in [2.75, 3.05) is 33.2 Å². The minimum absolute atomic E-state index is 0.0925. The van der Waals surface area contributed by atoms with Crippen molar-refractivity contribution in [2.45, 2.75) is 0 Å². The van der Waals surface area contributed by atoms with Crippen LogP contribution >= 0.6 is 0 Å². The first-order valence-corrected chi connectivity index (χ1v) is 7.89. The summed E-state index contributed by atoms with van der Waals surface area (Å²) in [5.74, 6) is 0.0925. The van der Waals surface area contributed by atoms with Crippen molar-refractivity contribution in [3.05, 3.63) is 65.5 Å². The number of rotatable bonds is 3. The quantitative estimate of drug-likeness (QED) is 0.874. The Morgan fingerprint density at radius 2 is 1.78 bits per heavy atom. The number of benzene rings is 1. The highest BCUT2D eigenvalue weighted by Crippen LogP contribution is 2.11. The highest BCUT2D eigenvalue weighted by molar-refractivity contribution is 5.94. The van der Waals surface area contributed by atoms with Crippen LogP contribution in [0, 0.1) is 0 Å². The smallest absolute Gasteiger partial charge is 0.254 e. The molecule has 4 heteroatoms. The summed E-state index contributed by atoms with van der Waals surface area (Å²) < 4.78 is 0. The molecule has 0 bridgehead atoms. The predicted molar refractivity (Wildman–Crippen MR) is 93.0 cm³/mol. The first kappa shape index (κ1) is 15.4. The molecule has 0 N–H and O–H groups in total. The van der Waals surface area contributed by atoms with Crippen LogP contribution in [0.1, 0.15) is 21.6 Å². The van der Waals surface area contributed by atoms with Gasteiger partial charge in [-0.25, -0.2) is 0 Å². The number of nitrogens with zero attached hydrogens (tertiary/aromatic N) is 3. The maximum Gasteiger partial charge on any atom is 0.254 e. The molecule has 0 saturated carbocycles. The second-order valence-electron chi connectivity index (χ2n) is 5.81. The molecule has 1 aromatic carbocycles. The fourth-order valence-electron chi connectivity index (χ4n) is 2.61. The Labute approximate surface area is 137 Å². The summed E-state index contributed by atoms with van der Waals surface area (Å²) in [6.45, 7) is 3.43. The van der Waals surface area contributed by atoms with Crippen LogP contribution in [0.2, 0.25) is 0 Å². The molecule has 0 spiro atoms. The number of aromatic nitrogens is 1. The van der Waals surface area contributed by atoms with Gasteiger partial charge >= 0.3 is 0 Å². The average molecular weight is 307 g/mol. The molecule has 118 valence electrons. The summed E-state index contributed by atoms with van der Waals surface area (Å²) >= 11 is 0. The second-order valence-corrected chi connectivity index (χ2v) is 5.81. The maximum absolute atomic E-state index is 12.6. The van der Waals surface area contributed by atoms with E-state index in [1.165, 1.54) is 0 Å². The predicted octanol–water partition coefficient (Wildman–Crippen LogP) is 2.64. The molecular weight excluding hydrogens is 286 g/mol. The standard InChI is InChI=1S/C19H21N3O/c1-21-11-13-22(14-12-21)19(23)17-9-10-20-18(15-17)8-7-16-5-3-2-4-6-16/h2-10,15H,11-14H2,1H3. The number of amides is 1. The van der Waals surface area contributed by atoms with Crippen molar-refractivity contribution in [1.82, 2.24) is 14.8 Å². The minimum Gasteiger partial charge on any atom is -0.336 e. The summed E-state index contributed by atoms with van der Waals surface area (Å²) in [5.41, 5.74) is 2.62. The van der Waals surface area contributed by atoms with Crippen LogP contribution in [-0.2, 0) is 0 Å². The number of piperazine rings is 1. The van der Waals surface area contributed by atoms with Gasteiger partial charge in [0.2, 0.25) is 0 Å². The summed E-state index contributed by atoms with van der Waals surface area (Å²) in [4.78, 5) is 21.1. The largest absolute Gasteiger partial charge is 0.336 e. The van der Waals surface area contributed by atoms with Crippen LogP contribution in [0.25, 0.3) is 12.2 Å². The third-order valence-corrected chi connectivity index (χ3v) is 4.06. The van der Waals surface area contributed by atoms with Crippen LogP contribution in [0.5, 0.6) is 0 Å². The van der Waals surface area contributed by atoms with Gasteiger partial charge in [-0.2, -0.15) is 0 Å². The van der Waals surface area contributed by atoms with Crippen LogP contribution in [0.4, 0.5) is 0 Å². The fraction of sp³-hybridized carbons (Fsp3) is 0.263. The molecule has 4 nitrogen and oxygen atoms in total. The number of pyridine rings is 1. The van der Waals surface area contributed by atoms with Gasteiger partial charge in [0.15, 0.2) is 0 Å². The number of carbonyl (C=O) groups excluding carboxylic acids is 1. The third-order valence-electron chi connectivity index (χ3n) is 4.06. The van der Waals surface area contributed by atoms with Crippen molar-refractivity contribution in [2.24, 2.45) is 0 Å². The number of hydrogen-bond donors (Lipinski definition) is 0. The number of likely N-dealkylation sites (N-methyl/N-ethyl adjacent to an activating group) is 1. The van der Waals surface area contributed by atoms with Gasteiger partial charge in [-0.15, -0.1) is 0 Å². The normalized spacial score (nSPS) is 16.0. The Morgan fingerprint density at radius 3 is 2.52 bits per heavy atom. The summed E-state index contributed by atoms with van der Waals surface area (Å²) in [5, 5.41) is 0. The lowest BCUT2D eigenvalue weighted by molar-refractivity contribution is 0.0664. The zero-order valence-corrected chi connectivity index (χ0v) is 13.4. The second kappa shape index (κ2) is 7.20. The molecule has 0 aliphatic carbocycles. The van der Waals surface area contributed by atoms with Gasteiger partial charge in [0.05, 0.1) is 5.69 Å². The lowest BCUT2D eigenvalue weighted by atomic mass is 10.1. The van der Waals surface area contributed by atoms with Gasteiger partial charge in [0.25, 0.3) is 5.91 Å². The molecule has 0 atom stereocenters. The molecule has 23 heavy (non-hydrogen) atoms. The Morgan fingerprint density at radius 1 is 1.04 bits per heavy atom. The molecule has 1 aromatic heterocycles. The van der Waals surface area contributed by atoms with Crippen molar-refractivity contribution in [1.29, 1.82) is 0 Å². The van der Waals surface area contributed by atoms with E-state index in [1.807, 2.05) is 53.5 Å². The molecule has 1 amide bonds. The monoisotopic (exact) mass is 307 g/mol. The molecule has 3 rings (SSSR count). The van der Waals surface area contributed by atoms with Crippen molar-refractivity contribution >= 4 is 18.1 Å². The third kappa shape index (κ3) is 4.05. The van der Waals surface area contributed by atoms with Gasteiger partial charge in [0, 0.05) is 37.9 Å². The topological polar surface area (TPSA) is 36.4 Å². The van der Waals surface area contributed by atoms with Gasteiger partial charge < -0.3 is 9.80 Å². The van der Waals surface area contributed by atoms with Gasteiger partial charge in [-0.3, -0.25) is 9.78 Å². The lowest BCUT2D eigenvalue weighted by Crippen LogP contribution is -2.47. The van der Waals surface area contributed by atoms with Crippen molar-refractivity contribution in [3.63, 3.8) is 0 Å². The average Bonchev–Trinajstić information content (AvgIpc) is 2.61. The summed E-state index contributed by atoms with van der Waals surface area (Å²) in [7, 11) is 2.08. The van der Waals surface area contributed by atoms with E-state index in [4.69, 9.17) is 0 Å². The van der Waals surface area contributed by atoms with Crippen LogP contribution in [0.15, 0.2) is 48.7 Å². The Bertz CT molecular complexity index is 689. The van der Waals surface area contributed by atoms with Gasteiger partial charge in [-0.05, 0) is 30.8 Å². The van der Waals surface area contributed by atoms with E-state index in [0.717, 1.165) is 37.4 Å². The Hall–Kier alpha value is -2.46. The highest BCUT2D eigenvalue weighted by Gasteiger charge is 2.20. The summed E-state index contributed by atoms with van der Waals surface area (Å²) in [6, 6.07) is 13.7. The SMILES string of the molecule is CN1CCN(C(=O)c2ccnc(C=Cc3ccccc3)c2)CC1. The molecule has 1 aliphatic rings. The highest BCUT2D eigenvalue weighted by atomic mass is 16.2. The molecular formula is C19H21N3O. The zero-order chi connectivity index (χ0) is 16.1. The molecule has 0 unspecified atom stereocenters. The zero-order valence-electron chi connectivity index (χ0n) is 13.4. The molecule has 1 fully saturated rings. The molecule has 1 saturated heterocycles. The van der Waals surface area contributed by atoms with E-state index in [-0.39, 0.29) is 5.91 Å². The van der Waals surface area contributed by atoms with E-state index in [9.17, 15) is 4.79 Å². The number of carbonyl (C=O) groups is 1. The molecule has 1 aliphatic heterocycles. The lowest BCUT2D eigenvalue weighted by Gasteiger charge is -2.32. The number of hydrogen-bond acceptors (Lipinski definition) is 3. The van der Waals surface area contributed by atoms with Gasteiger partial charge in [0.1, 0.15) is 0 Å². The minimum atomic E-state index is 0.0925. The fourth-order valence-corrected chi connectivity index (χ4v) is 2.61. The van der Waals surface area contributed by atoms with Crippen LogP contribution in [0.3, 0.4) is 0 Å². The van der Waals surface area contributed by atoms with E-state index >= 15 is 0 Å². The van der Waals surface area contributed by atoms with Crippen molar-refractivity contribution < 1.29 is 4.79 Å². The first-order valence-electron chi connectivity index (χ1n) is 7.89. The van der Waals surface area contributed by atoms with E-state index in [0.29, 0.717) is 5.56 Å². The maximum atomic E-state index is 12.6. The molecule has 2 heterocycles. The Kier molecular flexibility index (Phi) is 4.83. The van der Waals surface area contributed by atoms with E-state index < -0.39 is 0 Å². The molecule has 0 radical (unpaired) electrons. The van der Waals surface area contributed by atoms with E-state index in [2.05, 4.69) is 16.9 Å².